The fourth-order valence-corrected chi connectivity index (χ4v) is 3.67. The molecule has 3 N–H and O–H groups in total. The highest BCUT2D eigenvalue weighted by Crippen LogP contribution is 2.29. The molecule has 1 aliphatic rings. The third-order valence-corrected chi connectivity index (χ3v) is 5.03. The second-order valence-corrected chi connectivity index (χ2v) is 6.66. The van der Waals surface area contributed by atoms with E-state index in [-0.39, 0.29) is 11.3 Å². The van der Waals surface area contributed by atoms with Gasteiger partial charge >= 0.3 is 0 Å². The van der Waals surface area contributed by atoms with Gasteiger partial charge in [0.25, 0.3) is 0 Å². The molecule has 0 spiro atoms. The van der Waals surface area contributed by atoms with E-state index < -0.39 is 0 Å². The summed E-state index contributed by atoms with van der Waals surface area (Å²) in [5.74, 6) is 0.161. The van der Waals surface area contributed by atoms with E-state index in [0.29, 0.717) is 12.6 Å². The van der Waals surface area contributed by atoms with Crippen molar-refractivity contribution in [2.24, 2.45) is 11.1 Å². The van der Waals surface area contributed by atoms with Crippen molar-refractivity contribution in [3.05, 3.63) is 0 Å². The third kappa shape index (κ3) is 5.26. The molecule has 0 atom stereocenters. The van der Waals surface area contributed by atoms with Crippen molar-refractivity contribution in [3.63, 3.8) is 0 Å². The monoisotopic (exact) mass is 297 g/mol. The molecule has 21 heavy (non-hydrogen) atoms. The van der Waals surface area contributed by atoms with Crippen molar-refractivity contribution in [2.75, 3.05) is 26.7 Å². The lowest BCUT2D eigenvalue weighted by atomic mass is 9.78. The highest BCUT2D eigenvalue weighted by molar-refractivity contribution is 5.82. The van der Waals surface area contributed by atoms with Gasteiger partial charge in [-0.2, -0.15) is 0 Å². The molecule has 0 aliphatic heterocycles. The van der Waals surface area contributed by atoms with E-state index >= 15 is 0 Å². The van der Waals surface area contributed by atoms with Gasteiger partial charge in [0.05, 0.1) is 5.41 Å². The van der Waals surface area contributed by atoms with E-state index in [1.54, 1.807) is 0 Å². The Hall–Kier alpha value is -0.610. The summed E-state index contributed by atoms with van der Waals surface area (Å²) >= 11 is 0. The smallest absolute Gasteiger partial charge is 0.227 e. The van der Waals surface area contributed by atoms with E-state index in [1.165, 1.54) is 25.7 Å². The zero-order valence-electron chi connectivity index (χ0n) is 14.3. The molecule has 0 saturated heterocycles. The molecule has 1 rings (SSSR count). The second-order valence-electron chi connectivity index (χ2n) is 6.66. The summed E-state index contributed by atoms with van der Waals surface area (Å²) < 4.78 is 0. The van der Waals surface area contributed by atoms with Gasteiger partial charge in [-0.3, -0.25) is 4.79 Å². The van der Waals surface area contributed by atoms with Crippen LogP contribution < -0.4 is 11.1 Å². The Morgan fingerprint density at radius 3 is 2.29 bits per heavy atom. The second kappa shape index (κ2) is 9.42. The molecule has 124 valence electrons. The highest BCUT2D eigenvalue weighted by atomic mass is 16.2. The number of likely N-dealkylation sites (N-methyl/N-ethyl adjacent to an activating group) is 1. The molecule has 0 aromatic carbocycles. The molecule has 1 fully saturated rings. The molecule has 4 nitrogen and oxygen atoms in total. The molecule has 0 heterocycles. The summed E-state index contributed by atoms with van der Waals surface area (Å²) in [4.78, 5) is 15.0. The Morgan fingerprint density at radius 1 is 1.24 bits per heavy atom. The van der Waals surface area contributed by atoms with Gasteiger partial charge in [0.15, 0.2) is 0 Å². The Morgan fingerprint density at radius 2 is 1.81 bits per heavy atom. The van der Waals surface area contributed by atoms with Crippen LogP contribution in [0.4, 0.5) is 0 Å². The molecular weight excluding hydrogens is 262 g/mol. The molecule has 0 bridgehead atoms. The topological polar surface area (TPSA) is 58.4 Å². The van der Waals surface area contributed by atoms with Crippen LogP contribution in [0.3, 0.4) is 0 Å². The lowest BCUT2D eigenvalue weighted by Gasteiger charge is -2.31. The predicted octanol–water partition coefficient (Wildman–Crippen LogP) is 2.52. The van der Waals surface area contributed by atoms with Gasteiger partial charge in [0, 0.05) is 25.7 Å². The number of amides is 1. The number of nitrogens with one attached hydrogen (secondary N) is 1. The van der Waals surface area contributed by atoms with Crippen molar-refractivity contribution >= 4 is 5.91 Å². The fraction of sp³-hybridized carbons (Fsp3) is 0.941. The van der Waals surface area contributed by atoms with Gasteiger partial charge in [0.1, 0.15) is 0 Å². The maximum absolute atomic E-state index is 12.6. The van der Waals surface area contributed by atoms with Crippen LogP contribution in [0.15, 0.2) is 0 Å². The molecule has 0 aromatic heterocycles. The minimum atomic E-state index is -0.352. The quantitative estimate of drug-likeness (QED) is 0.651. The minimum Gasteiger partial charge on any atom is -0.354 e. The molecule has 1 amide bonds. The van der Waals surface area contributed by atoms with E-state index in [0.717, 1.165) is 38.8 Å². The summed E-state index contributed by atoms with van der Waals surface area (Å²) in [6.45, 7) is 6.39. The number of hydrogen-bond donors (Lipinski definition) is 2. The third-order valence-electron chi connectivity index (χ3n) is 5.03. The molecule has 0 aromatic rings. The number of rotatable bonds is 10. The average molecular weight is 297 g/mol. The van der Waals surface area contributed by atoms with E-state index in [4.69, 9.17) is 5.73 Å². The van der Waals surface area contributed by atoms with Gasteiger partial charge in [-0.05, 0) is 32.7 Å². The van der Waals surface area contributed by atoms with E-state index in [2.05, 4.69) is 31.1 Å². The average Bonchev–Trinajstić information content (AvgIpc) is 3.00. The van der Waals surface area contributed by atoms with Crippen molar-refractivity contribution in [3.8, 4) is 0 Å². The zero-order valence-corrected chi connectivity index (χ0v) is 14.3. The highest BCUT2D eigenvalue weighted by Gasteiger charge is 2.35. The van der Waals surface area contributed by atoms with Crippen molar-refractivity contribution < 1.29 is 4.79 Å². The number of carbonyl (C=O) groups is 1. The first-order chi connectivity index (χ1) is 10.1. The Labute approximate surface area is 130 Å². The van der Waals surface area contributed by atoms with Crippen LogP contribution in [0, 0.1) is 5.41 Å². The van der Waals surface area contributed by atoms with Crippen molar-refractivity contribution in [2.45, 2.75) is 71.3 Å². The van der Waals surface area contributed by atoms with Gasteiger partial charge in [-0.15, -0.1) is 0 Å². The summed E-state index contributed by atoms with van der Waals surface area (Å²) in [5.41, 5.74) is 5.59. The summed E-state index contributed by atoms with van der Waals surface area (Å²) in [6.07, 6.45) is 9.11. The van der Waals surface area contributed by atoms with Gasteiger partial charge in [0.2, 0.25) is 5.91 Å². The zero-order chi connectivity index (χ0) is 15.7. The maximum atomic E-state index is 12.6. The number of carbonyl (C=O) groups excluding carboxylic acids is 1. The lowest BCUT2D eigenvalue weighted by Crippen LogP contribution is -2.48. The van der Waals surface area contributed by atoms with Gasteiger partial charge < -0.3 is 16.0 Å². The summed E-state index contributed by atoms with van der Waals surface area (Å²) in [5, 5.41) is 3.14. The largest absolute Gasteiger partial charge is 0.354 e. The molecule has 1 aliphatic carbocycles. The number of nitrogens with two attached hydrogens (primary N) is 1. The maximum Gasteiger partial charge on any atom is 0.227 e. The van der Waals surface area contributed by atoms with Crippen molar-refractivity contribution in [1.82, 2.24) is 10.2 Å². The Bertz CT molecular complexity index is 294. The van der Waals surface area contributed by atoms with Crippen LogP contribution in [0.2, 0.25) is 0 Å². The molecule has 4 heteroatoms. The summed E-state index contributed by atoms with van der Waals surface area (Å²) in [7, 11) is 2.18. The van der Waals surface area contributed by atoms with Gasteiger partial charge in [-0.1, -0.05) is 39.5 Å². The molecule has 0 unspecified atom stereocenters. The van der Waals surface area contributed by atoms with Crippen molar-refractivity contribution in [1.29, 1.82) is 0 Å². The van der Waals surface area contributed by atoms with Crippen LogP contribution in [-0.4, -0.2) is 43.5 Å². The number of hydrogen-bond acceptors (Lipinski definition) is 3. The van der Waals surface area contributed by atoms with Crippen LogP contribution in [0.1, 0.15) is 65.2 Å². The lowest BCUT2D eigenvalue weighted by molar-refractivity contribution is -0.131. The van der Waals surface area contributed by atoms with Crippen LogP contribution in [0.25, 0.3) is 0 Å². The molecular formula is C17H35N3O. The summed E-state index contributed by atoms with van der Waals surface area (Å²) in [6, 6.07) is 0.715. The SMILES string of the molecule is CCCC(CN)(CCC)C(=O)NCCN(C)C1CCCC1. The van der Waals surface area contributed by atoms with Crippen LogP contribution in [0.5, 0.6) is 0 Å². The Kier molecular flexibility index (Phi) is 8.27. The molecule has 1 saturated carbocycles. The Balaban J connectivity index is 2.41. The minimum absolute atomic E-state index is 0.161. The van der Waals surface area contributed by atoms with Gasteiger partial charge in [-0.25, -0.2) is 0 Å². The van der Waals surface area contributed by atoms with E-state index in [9.17, 15) is 4.79 Å². The van der Waals surface area contributed by atoms with Crippen LogP contribution in [-0.2, 0) is 4.79 Å². The first kappa shape index (κ1) is 18.4. The number of nitrogens with zero attached hydrogens (tertiary/aromatic N) is 1. The standard InChI is InChI=1S/C17H35N3O/c1-4-10-17(14-18,11-5-2)16(21)19-12-13-20(3)15-8-6-7-9-15/h15H,4-14,18H2,1-3H3,(H,19,21). The first-order valence-corrected chi connectivity index (χ1v) is 8.78. The van der Waals surface area contributed by atoms with Crippen LogP contribution >= 0.6 is 0 Å². The predicted molar refractivity (Wildman–Crippen MR) is 89.2 cm³/mol. The fourth-order valence-electron chi connectivity index (χ4n) is 3.67. The van der Waals surface area contributed by atoms with E-state index in [1.807, 2.05) is 0 Å². The molecule has 0 radical (unpaired) electrons. The normalized spacial score (nSPS) is 16.6. The first-order valence-electron chi connectivity index (χ1n) is 8.78.